The van der Waals surface area contributed by atoms with Crippen LogP contribution >= 0.6 is 0 Å². The van der Waals surface area contributed by atoms with Gasteiger partial charge in [0.2, 0.25) is 0 Å². The summed E-state index contributed by atoms with van der Waals surface area (Å²) in [6.07, 6.45) is 45.5. The first-order valence-electron chi connectivity index (χ1n) is 24.0. The van der Waals surface area contributed by atoms with E-state index < -0.39 is 6.10 Å². The number of esters is 3. The van der Waals surface area contributed by atoms with Gasteiger partial charge in [0, 0.05) is 19.3 Å². The Kier molecular flexibility index (Phi) is 42.8. The Hall–Kier alpha value is -1.59. The molecule has 0 aromatic carbocycles. The van der Waals surface area contributed by atoms with E-state index in [1.54, 1.807) is 0 Å². The molecular formula is C48H92O6. The fourth-order valence-electron chi connectivity index (χ4n) is 7.21. The van der Waals surface area contributed by atoms with Gasteiger partial charge < -0.3 is 14.2 Å². The van der Waals surface area contributed by atoms with Crippen LogP contribution in [-0.2, 0) is 28.6 Å². The summed E-state index contributed by atoms with van der Waals surface area (Å²) in [6.45, 7) is 6.58. The first-order valence-corrected chi connectivity index (χ1v) is 24.0. The summed E-state index contributed by atoms with van der Waals surface area (Å²) in [7, 11) is 0. The second-order valence-corrected chi connectivity index (χ2v) is 16.4. The molecule has 6 nitrogen and oxygen atoms in total. The van der Waals surface area contributed by atoms with Crippen LogP contribution in [0, 0.1) is 0 Å². The quantitative estimate of drug-likeness (QED) is 0.0349. The summed E-state index contributed by atoms with van der Waals surface area (Å²) in [5.74, 6) is -0.863. The van der Waals surface area contributed by atoms with Crippen LogP contribution in [0.1, 0.15) is 271 Å². The van der Waals surface area contributed by atoms with Gasteiger partial charge in [0.1, 0.15) is 13.2 Å². The molecule has 320 valence electrons. The first kappa shape index (κ1) is 52.4. The maximum absolute atomic E-state index is 12.7. The fraction of sp³-hybridized carbons (Fsp3) is 0.938. The van der Waals surface area contributed by atoms with Crippen molar-refractivity contribution in [3.63, 3.8) is 0 Å². The third-order valence-electron chi connectivity index (χ3n) is 10.9. The van der Waals surface area contributed by atoms with Crippen molar-refractivity contribution in [1.82, 2.24) is 0 Å². The predicted molar refractivity (Wildman–Crippen MR) is 229 cm³/mol. The molecule has 0 unspecified atom stereocenters. The zero-order valence-electron chi connectivity index (χ0n) is 36.5. The number of hydrogen-bond acceptors (Lipinski definition) is 6. The van der Waals surface area contributed by atoms with E-state index in [2.05, 4.69) is 20.8 Å². The van der Waals surface area contributed by atoms with Gasteiger partial charge in [-0.3, -0.25) is 14.4 Å². The van der Waals surface area contributed by atoms with Gasteiger partial charge in [0.25, 0.3) is 0 Å². The number of hydrogen-bond donors (Lipinski definition) is 0. The number of carbonyl (C=O) groups is 3. The molecule has 0 aromatic rings. The summed E-state index contributed by atoms with van der Waals surface area (Å²) >= 11 is 0. The molecule has 0 aromatic heterocycles. The molecule has 0 aliphatic carbocycles. The van der Waals surface area contributed by atoms with Crippen molar-refractivity contribution in [2.45, 2.75) is 277 Å². The molecule has 0 N–H and O–H groups in total. The van der Waals surface area contributed by atoms with Crippen molar-refractivity contribution in [2.24, 2.45) is 0 Å². The SMILES string of the molecule is CCCCCCCCCCCCCCCCCCCCCC(=O)OC[C@@H](COC(=O)CCCCCCC)OC(=O)CCCCCCCCCCCCCC. The van der Waals surface area contributed by atoms with E-state index in [4.69, 9.17) is 14.2 Å². The molecular weight excluding hydrogens is 673 g/mol. The number of ether oxygens (including phenoxy) is 3. The van der Waals surface area contributed by atoms with Crippen molar-refractivity contribution in [3.05, 3.63) is 0 Å². The molecule has 0 heterocycles. The normalized spacial score (nSPS) is 11.8. The number of unbranched alkanes of at least 4 members (excludes halogenated alkanes) is 33. The van der Waals surface area contributed by atoms with Crippen molar-refractivity contribution in [3.8, 4) is 0 Å². The second kappa shape index (κ2) is 44.1. The average molecular weight is 765 g/mol. The van der Waals surface area contributed by atoms with Gasteiger partial charge in [0.05, 0.1) is 0 Å². The summed E-state index contributed by atoms with van der Waals surface area (Å²) < 4.78 is 16.6. The van der Waals surface area contributed by atoms with E-state index in [9.17, 15) is 14.4 Å². The van der Waals surface area contributed by atoms with Gasteiger partial charge in [-0.05, 0) is 19.3 Å². The van der Waals surface area contributed by atoms with Gasteiger partial charge in [-0.2, -0.15) is 0 Å². The Morgan fingerprint density at radius 3 is 0.741 bits per heavy atom. The highest BCUT2D eigenvalue weighted by Gasteiger charge is 2.19. The smallest absolute Gasteiger partial charge is 0.306 e. The molecule has 1 atom stereocenters. The van der Waals surface area contributed by atoms with Gasteiger partial charge >= 0.3 is 17.9 Å². The fourth-order valence-corrected chi connectivity index (χ4v) is 7.21. The monoisotopic (exact) mass is 765 g/mol. The molecule has 0 aliphatic heterocycles. The highest BCUT2D eigenvalue weighted by Crippen LogP contribution is 2.16. The Morgan fingerprint density at radius 2 is 0.500 bits per heavy atom. The van der Waals surface area contributed by atoms with Crippen molar-refractivity contribution < 1.29 is 28.6 Å². The van der Waals surface area contributed by atoms with Crippen LogP contribution in [0.5, 0.6) is 0 Å². The summed E-state index contributed by atoms with van der Waals surface area (Å²) in [6, 6.07) is 0. The third-order valence-corrected chi connectivity index (χ3v) is 10.9. The van der Waals surface area contributed by atoms with Crippen LogP contribution in [0.25, 0.3) is 0 Å². The van der Waals surface area contributed by atoms with Gasteiger partial charge in [-0.25, -0.2) is 0 Å². The molecule has 6 heteroatoms. The van der Waals surface area contributed by atoms with Gasteiger partial charge in [-0.15, -0.1) is 0 Å². The Labute approximate surface area is 336 Å². The molecule has 0 bridgehead atoms. The lowest BCUT2D eigenvalue weighted by Gasteiger charge is -2.18. The van der Waals surface area contributed by atoms with Crippen molar-refractivity contribution in [2.75, 3.05) is 13.2 Å². The Bertz CT molecular complexity index is 798. The number of carbonyl (C=O) groups excluding carboxylic acids is 3. The highest BCUT2D eigenvalue weighted by atomic mass is 16.6. The van der Waals surface area contributed by atoms with Crippen LogP contribution in [0.3, 0.4) is 0 Å². The van der Waals surface area contributed by atoms with Gasteiger partial charge in [-0.1, -0.05) is 233 Å². The second-order valence-electron chi connectivity index (χ2n) is 16.4. The molecule has 0 radical (unpaired) electrons. The molecule has 0 aliphatic rings. The molecule has 54 heavy (non-hydrogen) atoms. The Balaban J connectivity index is 4.09. The van der Waals surface area contributed by atoms with E-state index in [1.807, 2.05) is 0 Å². The minimum atomic E-state index is -0.757. The van der Waals surface area contributed by atoms with Crippen LogP contribution in [-0.4, -0.2) is 37.2 Å². The summed E-state index contributed by atoms with van der Waals surface area (Å²) in [4.78, 5) is 37.5. The van der Waals surface area contributed by atoms with Crippen LogP contribution in [0.4, 0.5) is 0 Å². The lowest BCUT2D eigenvalue weighted by Crippen LogP contribution is -2.30. The minimum absolute atomic E-state index is 0.0636. The third kappa shape index (κ3) is 41.6. The predicted octanol–water partition coefficient (Wildman–Crippen LogP) is 15.3. The molecule has 0 saturated heterocycles. The molecule has 0 saturated carbocycles. The molecule has 0 spiro atoms. The standard InChI is InChI=1S/C48H92O6/c1-4-7-10-13-15-17-19-21-22-23-24-25-26-27-29-30-32-35-38-41-47(50)53-44-45(43-52-46(49)40-37-34-12-9-6-3)54-48(51)42-39-36-33-31-28-20-18-16-14-11-8-5-2/h45H,4-44H2,1-3H3/t45-/m1/s1. The first-order chi connectivity index (χ1) is 26.5. The molecule has 0 amide bonds. The minimum Gasteiger partial charge on any atom is -0.462 e. The molecule has 0 fully saturated rings. The number of rotatable bonds is 44. The van der Waals surface area contributed by atoms with Gasteiger partial charge in [0.15, 0.2) is 6.10 Å². The zero-order chi connectivity index (χ0) is 39.4. The highest BCUT2D eigenvalue weighted by molar-refractivity contribution is 5.71. The van der Waals surface area contributed by atoms with Crippen molar-refractivity contribution >= 4 is 17.9 Å². The topological polar surface area (TPSA) is 78.9 Å². The average Bonchev–Trinajstić information content (AvgIpc) is 3.17. The van der Waals surface area contributed by atoms with E-state index in [1.165, 1.54) is 167 Å². The van der Waals surface area contributed by atoms with E-state index >= 15 is 0 Å². The van der Waals surface area contributed by atoms with E-state index in [-0.39, 0.29) is 31.1 Å². The summed E-state index contributed by atoms with van der Waals surface area (Å²) in [5, 5.41) is 0. The Morgan fingerprint density at radius 1 is 0.296 bits per heavy atom. The summed E-state index contributed by atoms with van der Waals surface area (Å²) in [5.41, 5.74) is 0. The van der Waals surface area contributed by atoms with Crippen LogP contribution < -0.4 is 0 Å². The van der Waals surface area contributed by atoms with Crippen LogP contribution in [0.15, 0.2) is 0 Å². The lowest BCUT2D eigenvalue weighted by atomic mass is 10.0. The maximum atomic E-state index is 12.7. The van der Waals surface area contributed by atoms with Crippen molar-refractivity contribution in [1.29, 1.82) is 0 Å². The largest absolute Gasteiger partial charge is 0.462 e. The zero-order valence-corrected chi connectivity index (χ0v) is 36.5. The maximum Gasteiger partial charge on any atom is 0.306 e. The molecule has 0 rings (SSSR count). The van der Waals surface area contributed by atoms with E-state index in [0.717, 1.165) is 64.2 Å². The van der Waals surface area contributed by atoms with Crippen LogP contribution in [0.2, 0.25) is 0 Å². The van der Waals surface area contributed by atoms with E-state index in [0.29, 0.717) is 19.3 Å². The lowest BCUT2D eigenvalue weighted by molar-refractivity contribution is -0.167.